The molecule has 152 valence electrons. The number of ketones is 1. The summed E-state index contributed by atoms with van der Waals surface area (Å²) in [4.78, 5) is 13.1. The Kier molecular flexibility index (Phi) is 4.46. The van der Waals surface area contributed by atoms with E-state index >= 15 is 0 Å². The van der Waals surface area contributed by atoms with Crippen LogP contribution in [0.3, 0.4) is 0 Å². The van der Waals surface area contributed by atoms with Gasteiger partial charge in [-0.1, -0.05) is 32.0 Å². The molecule has 2 heterocycles. The number of fused-ring (bicyclic) bond motifs is 1. The summed E-state index contributed by atoms with van der Waals surface area (Å²) in [5, 5.41) is 3.19. The molecule has 0 aromatic heterocycles. The molecule has 0 spiro atoms. The average molecular weight is 395 g/mol. The Morgan fingerprint density at radius 3 is 2.54 bits per heavy atom. The van der Waals surface area contributed by atoms with Crippen molar-refractivity contribution in [3.05, 3.63) is 41.1 Å². The minimum absolute atomic E-state index is 0.0964. The molecule has 0 amide bonds. The summed E-state index contributed by atoms with van der Waals surface area (Å²) in [5.74, 6) is -1.23. The Hall–Kier alpha value is -2.06. The van der Waals surface area contributed by atoms with Crippen molar-refractivity contribution < 1.29 is 22.7 Å². The third kappa shape index (κ3) is 3.08. The predicted octanol–water partition coefficient (Wildman–Crippen LogP) is 3.01. The molecule has 5 nitrogen and oxygen atoms in total. The number of hydrazine groups is 1. The first-order valence-electron chi connectivity index (χ1n) is 9.36. The molecule has 8 heteroatoms. The maximum absolute atomic E-state index is 13.8. The zero-order chi connectivity index (χ0) is 20.3. The van der Waals surface area contributed by atoms with Gasteiger partial charge < -0.3 is 10.1 Å². The van der Waals surface area contributed by atoms with Crippen molar-refractivity contribution in [2.24, 2.45) is 11.3 Å². The number of rotatable bonds is 2. The Bertz CT molecular complexity index is 834. The molecule has 1 aromatic rings. The monoisotopic (exact) mass is 395 g/mol. The van der Waals surface area contributed by atoms with Crippen LogP contribution >= 0.6 is 0 Å². The molecule has 1 aliphatic carbocycles. The number of hydrogen-bond donors (Lipinski definition) is 3. The number of alkyl halides is 3. The number of halogens is 3. The highest BCUT2D eigenvalue weighted by molar-refractivity contribution is 5.99. The minimum Gasteiger partial charge on any atom is -0.496 e. The Morgan fingerprint density at radius 2 is 1.86 bits per heavy atom. The van der Waals surface area contributed by atoms with Crippen LogP contribution in [0.5, 0.6) is 5.75 Å². The quantitative estimate of drug-likeness (QED) is 0.719. The highest BCUT2D eigenvalue weighted by atomic mass is 19.4. The first-order chi connectivity index (χ1) is 13.1. The summed E-state index contributed by atoms with van der Waals surface area (Å²) < 4.78 is 46.8. The van der Waals surface area contributed by atoms with Gasteiger partial charge >= 0.3 is 6.18 Å². The number of Topliss-reactive ketones (excluding diaryl/α,β-unsaturated/α-hetero) is 1. The van der Waals surface area contributed by atoms with Gasteiger partial charge in [-0.05, 0) is 17.9 Å². The van der Waals surface area contributed by atoms with E-state index in [1.807, 2.05) is 13.8 Å². The fraction of sp³-hybridized carbons (Fsp3) is 0.550. The van der Waals surface area contributed by atoms with Crippen LogP contribution in [0.1, 0.15) is 38.2 Å². The number of allylic oxidation sites excluding steroid dienone is 2. The van der Waals surface area contributed by atoms with Crippen LogP contribution in [-0.4, -0.2) is 31.3 Å². The van der Waals surface area contributed by atoms with Crippen LogP contribution in [0.15, 0.2) is 35.5 Å². The van der Waals surface area contributed by atoms with Crippen molar-refractivity contribution in [3.8, 4) is 5.75 Å². The number of methoxy groups -OCH3 is 1. The topological polar surface area (TPSA) is 62.4 Å². The molecule has 1 saturated heterocycles. The van der Waals surface area contributed by atoms with Gasteiger partial charge in [0.1, 0.15) is 11.8 Å². The van der Waals surface area contributed by atoms with E-state index in [0.29, 0.717) is 29.7 Å². The van der Waals surface area contributed by atoms with Crippen LogP contribution in [0.25, 0.3) is 0 Å². The van der Waals surface area contributed by atoms with Crippen molar-refractivity contribution >= 4 is 5.78 Å². The third-order valence-electron chi connectivity index (χ3n) is 5.94. The lowest BCUT2D eigenvalue weighted by Crippen LogP contribution is -2.53. The van der Waals surface area contributed by atoms with Gasteiger partial charge in [0.05, 0.1) is 13.3 Å². The third-order valence-corrected chi connectivity index (χ3v) is 5.94. The van der Waals surface area contributed by atoms with Crippen molar-refractivity contribution in [1.29, 1.82) is 0 Å². The van der Waals surface area contributed by atoms with Crippen molar-refractivity contribution in [1.82, 2.24) is 16.2 Å². The smallest absolute Gasteiger partial charge is 0.405 e. The van der Waals surface area contributed by atoms with E-state index in [1.165, 1.54) is 7.11 Å². The summed E-state index contributed by atoms with van der Waals surface area (Å²) in [5.41, 5.74) is 6.73. The molecular weight excluding hydrogens is 371 g/mol. The fourth-order valence-electron chi connectivity index (χ4n) is 4.87. The van der Waals surface area contributed by atoms with E-state index in [0.717, 1.165) is 5.70 Å². The van der Waals surface area contributed by atoms with Crippen molar-refractivity contribution in [2.75, 3.05) is 7.11 Å². The molecular formula is C20H24F3N3O2. The normalized spacial score (nSPS) is 31.9. The maximum Gasteiger partial charge on any atom is 0.405 e. The first-order valence-corrected chi connectivity index (χ1v) is 9.36. The zero-order valence-corrected chi connectivity index (χ0v) is 16.0. The Labute approximate surface area is 161 Å². The van der Waals surface area contributed by atoms with Gasteiger partial charge in [0.25, 0.3) is 0 Å². The molecule has 3 aliphatic rings. The molecule has 3 N–H and O–H groups in total. The molecule has 3 unspecified atom stereocenters. The summed E-state index contributed by atoms with van der Waals surface area (Å²) in [6.07, 6.45) is -4.17. The van der Waals surface area contributed by atoms with Crippen LogP contribution < -0.4 is 20.9 Å². The van der Waals surface area contributed by atoms with Gasteiger partial charge in [0, 0.05) is 35.1 Å². The molecule has 0 radical (unpaired) electrons. The van der Waals surface area contributed by atoms with E-state index in [1.54, 1.807) is 24.3 Å². The van der Waals surface area contributed by atoms with E-state index in [-0.39, 0.29) is 11.2 Å². The van der Waals surface area contributed by atoms with Gasteiger partial charge in [-0.15, -0.1) is 0 Å². The number of hydrogen-bond acceptors (Lipinski definition) is 5. The van der Waals surface area contributed by atoms with E-state index in [2.05, 4.69) is 16.2 Å². The van der Waals surface area contributed by atoms with Crippen molar-refractivity contribution in [3.63, 3.8) is 0 Å². The number of ether oxygens (including phenoxy) is 1. The molecule has 2 aliphatic heterocycles. The van der Waals surface area contributed by atoms with Crippen LogP contribution in [0.4, 0.5) is 13.2 Å². The molecule has 4 rings (SSSR count). The lowest BCUT2D eigenvalue weighted by Gasteiger charge is -2.44. The summed E-state index contributed by atoms with van der Waals surface area (Å²) >= 11 is 0. The van der Waals surface area contributed by atoms with Crippen LogP contribution in [0, 0.1) is 11.3 Å². The van der Waals surface area contributed by atoms with Gasteiger partial charge in [-0.2, -0.15) is 13.2 Å². The van der Waals surface area contributed by atoms with Crippen LogP contribution in [-0.2, 0) is 4.79 Å². The highest BCUT2D eigenvalue weighted by Crippen LogP contribution is 2.51. The summed E-state index contributed by atoms with van der Waals surface area (Å²) in [6.45, 7) is 4.00. The largest absolute Gasteiger partial charge is 0.496 e. The number of carbonyl (C=O) groups is 1. The van der Waals surface area contributed by atoms with E-state index in [9.17, 15) is 18.0 Å². The molecule has 28 heavy (non-hydrogen) atoms. The van der Waals surface area contributed by atoms with Gasteiger partial charge in [-0.3, -0.25) is 4.79 Å². The summed E-state index contributed by atoms with van der Waals surface area (Å²) in [6, 6.07) is 5.24. The van der Waals surface area contributed by atoms with Crippen molar-refractivity contribution in [2.45, 2.75) is 51.0 Å². The maximum atomic E-state index is 13.8. The summed E-state index contributed by atoms with van der Waals surface area (Å²) in [7, 11) is 1.49. The second-order valence-corrected chi connectivity index (χ2v) is 8.56. The molecule has 1 aromatic carbocycles. The van der Waals surface area contributed by atoms with Gasteiger partial charge in [0.2, 0.25) is 0 Å². The van der Waals surface area contributed by atoms with Crippen LogP contribution in [0.2, 0.25) is 0 Å². The van der Waals surface area contributed by atoms with Gasteiger partial charge in [-0.25, -0.2) is 10.9 Å². The second kappa shape index (κ2) is 6.49. The second-order valence-electron chi connectivity index (χ2n) is 8.56. The average Bonchev–Trinajstić information content (AvgIpc) is 3.02. The fourth-order valence-corrected chi connectivity index (χ4v) is 4.87. The molecule has 1 fully saturated rings. The lowest BCUT2D eigenvalue weighted by molar-refractivity contribution is -0.164. The van der Waals surface area contributed by atoms with E-state index < -0.39 is 30.2 Å². The standard InChI is InChI=1S/C20H24F3N3O2/c1-19(2)8-11-15(12(27)9-19)14(10-6-4-5-7-13(10)28-3)16-17(20(21,22)23)25-26-18(16)24-11/h4-7,14,16-18,24-26H,8-9H2,1-3H3/t14-,16?,17?,18?/m0/s1. The predicted molar refractivity (Wildman–Crippen MR) is 97.3 cm³/mol. The molecule has 0 bridgehead atoms. The van der Waals surface area contributed by atoms with Gasteiger partial charge in [0.15, 0.2) is 5.78 Å². The van der Waals surface area contributed by atoms with E-state index in [4.69, 9.17) is 4.74 Å². The number of nitrogens with one attached hydrogen (secondary N) is 3. The number of carbonyl (C=O) groups excluding carboxylic acids is 1. The zero-order valence-electron chi connectivity index (χ0n) is 16.0. The molecule has 0 saturated carbocycles. The number of para-hydroxylation sites is 1. The number of benzene rings is 1. The highest BCUT2D eigenvalue weighted by Gasteiger charge is 2.58. The minimum atomic E-state index is -4.45. The first kappa shape index (κ1) is 19.3. The Balaban J connectivity index is 1.90. The lowest BCUT2D eigenvalue weighted by atomic mass is 9.65. The molecule has 4 atom stereocenters. The SMILES string of the molecule is COc1ccccc1[C@H]1C2=C(CC(C)(C)CC2=O)NC2NNC(C(F)(F)F)C21. The Morgan fingerprint density at radius 1 is 1.14 bits per heavy atom.